The number of nitriles is 1. The number of benzene rings is 2. The Morgan fingerprint density at radius 2 is 1.81 bits per heavy atom. The number of aromatic nitrogens is 2. The van der Waals surface area contributed by atoms with Crippen molar-refractivity contribution in [2.45, 2.75) is 126 Å². The first kappa shape index (κ1) is 41.0. The molecule has 282 valence electrons. The zero-order valence-electron chi connectivity index (χ0n) is 33.9. The third-order valence-corrected chi connectivity index (χ3v) is 11.6. The second-order valence-corrected chi connectivity index (χ2v) is 14.7. The van der Waals surface area contributed by atoms with Gasteiger partial charge in [0.1, 0.15) is 11.3 Å². The third-order valence-electron chi connectivity index (χ3n) is 11.6. The zero-order chi connectivity index (χ0) is 38.2. The van der Waals surface area contributed by atoms with Crippen LogP contribution in [-0.2, 0) is 19.5 Å². The fraction of sp³-hybridized carbons (Fsp3) is 0.578. The van der Waals surface area contributed by atoms with Gasteiger partial charge >= 0.3 is 0 Å². The van der Waals surface area contributed by atoms with Crippen LogP contribution in [0.5, 0.6) is 0 Å². The number of fused-ring (bicyclic) bond motifs is 2. The van der Waals surface area contributed by atoms with Gasteiger partial charge in [-0.3, -0.25) is 9.89 Å². The topological polar surface area (TPSA) is 60.5 Å². The smallest absolute Gasteiger partial charge is 0.151 e. The first-order valence-electron chi connectivity index (χ1n) is 20.2. The number of allylic oxidation sites excluding steroid dienone is 1. The van der Waals surface area contributed by atoms with Crippen molar-refractivity contribution >= 4 is 28.5 Å². The van der Waals surface area contributed by atoms with Crippen LogP contribution in [-0.4, -0.2) is 52.4 Å². The summed E-state index contributed by atoms with van der Waals surface area (Å²) < 4.78 is 17.5. The highest BCUT2D eigenvalue weighted by Gasteiger charge is 2.46. The molecule has 1 saturated carbocycles. The highest BCUT2D eigenvalue weighted by atomic mass is 19.1. The monoisotopic (exact) mass is 709 g/mol. The van der Waals surface area contributed by atoms with Crippen molar-refractivity contribution in [1.82, 2.24) is 14.5 Å². The van der Waals surface area contributed by atoms with Gasteiger partial charge in [0, 0.05) is 67.4 Å². The Bertz CT molecular complexity index is 1770. The van der Waals surface area contributed by atoms with E-state index in [9.17, 15) is 5.26 Å². The van der Waals surface area contributed by atoms with Crippen LogP contribution in [0.3, 0.4) is 0 Å². The maximum atomic E-state index is 15.3. The summed E-state index contributed by atoms with van der Waals surface area (Å²) >= 11 is 0. The van der Waals surface area contributed by atoms with Crippen molar-refractivity contribution in [2.24, 2.45) is 21.7 Å². The first-order valence-corrected chi connectivity index (χ1v) is 20.2. The molecule has 0 spiro atoms. The molecule has 3 aromatic rings. The van der Waals surface area contributed by atoms with Crippen LogP contribution in [0.15, 0.2) is 54.1 Å². The molecule has 1 saturated heterocycles. The number of hydrogen-bond acceptors (Lipinski definition) is 5. The number of hydrogen-bond donors (Lipinski definition) is 0. The molecule has 7 rings (SSSR count). The maximum absolute atomic E-state index is 15.3. The SMILES string of the molecule is C=Cc1cc(F)c2nc(CN3CCN(c4cccc5c4C(C)C(C)(C4=NCC(C)C=C4)C5)CC3CC)n(CC3(CC#N)CC3)c2c1.CC.CC.CC. The normalized spacial score (nSPS) is 24.2. The maximum Gasteiger partial charge on any atom is 0.151 e. The Hall–Kier alpha value is -3.76. The summed E-state index contributed by atoms with van der Waals surface area (Å²) in [5, 5.41) is 9.54. The van der Waals surface area contributed by atoms with Gasteiger partial charge in [0.05, 0.1) is 18.1 Å². The molecule has 3 heterocycles. The zero-order valence-corrected chi connectivity index (χ0v) is 33.9. The van der Waals surface area contributed by atoms with Crippen molar-refractivity contribution in [3.05, 3.63) is 77.4 Å². The Morgan fingerprint density at radius 3 is 2.42 bits per heavy atom. The number of piperazine rings is 1. The Morgan fingerprint density at radius 1 is 1.08 bits per heavy atom. The van der Waals surface area contributed by atoms with Gasteiger partial charge in [-0.1, -0.05) is 100 Å². The molecule has 52 heavy (non-hydrogen) atoms. The number of imidazole rings is 1. The molecule has 0 N–H and O–H groups in total. The standard InChI is InChI=1S/C39H47FN6.3C2H6/c1-6-28-19-31(40)37-33(20-28)46(25-39(13-14-39)15-16-41)35(43-37)24-44-17-18-45(23-30(44)7-2)32-10-8-9-29-21-38(5,27(4)36(29)32)34-12-11-26(3)22-42-34;3*1-2/h6,8-12,19-20,26-27,30H,1,7,13-15,17-18,21-25H2,2-5H3;3*1-2H3. The minimum atomic E-state index is -0.308. The van der Waals surface area contributed by atoms with E-state index in [4.69, 9.17) is 9.98 Å². The average Bonchev–Trinajstić information content (AvgIpc) is 3.78. The minimum absolute atomic E-state index is 0.00530. The van der Waals surface area contributed by atoms with Crippen molar-refractivity contribution in [1.29, 1.82) is 5.26 Å². The summed E-state index contributed by atoms with van der Waals surface area (Å²) in [7, 11) is 0. The van der Waals surface area contributed by atoms with Crippen molar-refractivity contribution in [3.8, 4) is 6.07 Å². The highest BCUT2D eigenvalue weighted by Crippen LogP contribution is 2.52. The van der Waals surface area contributed by atoms with Gasteiger partial charge in [-0.05, 0) is 78.5 Å². The van der Waals surface area contributed by atoms with Gasteiger partial charge in [0.2, 0.25) is 0 Å². The molecule has 0 radical (unpaired) electrons. The summed E-state index contributed by atoms with van der Waals surface area (Å²) in [5.41, 5.74) is 7.53. The minimum Gasteiger partial charge on any atom is -0.368 e. The molecule has 4 atom stereocenters. The van der Waals surface area contributed by atoms with E-state index in [2.05, 4.69) is 85.1 Å². The fourth-order valence-corrected chi connectivity index (χ4v) is 8.32. The lowest BCUT2D eigenvalue weighted by molar-refractivity contribution is 0.157. The molecule has 6 nitrogen and oxygen atoms in total. The van der Waals surface area contributed by atoms with Gasteiger partial charge in [-0.2, -0.15) is 5.26 Å². The summed E-state index contributed by atoms with van der Waals surface area (Å²) in [6.45, 7) is 30.2. The van der Waals surface area contributed by atoms with E-state index < -0.39 is 0 Å². The lowest BCUT2D eigenvalue weighted by Crippen LogP contribution is -2.53. The predicted molar refractivity (Wildman–Crippen MR) is 220 cm³/mol. The van der Waals surface area contributed by atoms with E-state index in [1.807, 2.05) is 47.6 Å². The molecule has 0 bridgehead atoms. The first-order chi connectivity index (χ1) is 25.2. The van der Waals surface area contributed by atoms with E-state index in [0.717, 1.165) is 68.8 Å². The van der Waals surface area contributed by atoms with Crippen LogP contribution < -0.4 is 4.90 Å². The van der Waals surface area contributed by atoms with Crippen LogP contribution in [0.2, 0.25) is 0 Å². The number of aliphatic imine (C=N–C) groups is 1. The average molecular weight is 709 g/mol. The highest BCUT2D eigenvalue weighted by molar-refractivity contribution is 6.02. The largest absolute Gasteiger partial charge is 0.368 e. The number of halogens is 1. The van der Waals surface area contributed by atoms with E-state index in [1.165, 1.54) is 28.6 Å². The number of nitrogens with zero attached hydrogens (tertiary/aromatic N) is 6. The van der Waals surface area contributed by atoms with Crippen molar-refractivity contribution < 1.29 is 4.39 Å². The molecule has 2 fully saturated rings. The van der Waals surface area contributed by atoms with Gasteiger partial charge in [0.15, 0.2) is 5.82 Å². The van der Waals surface area contributed by atoms with E-state index >= 15 is 4.39 Å². The van der Waals surface area contributed by atoms with E-state index in [1.54, 1.807) is 6.08 Å². The quantitative estimate of drug-likeness (QED) is 0.222. The second-order valence-electron chi connectivity index (χ2n) is 14.7. The van der Waals surface area contributed by atoms with E-state index in [-0.39, 0.29) is 16.6 Å². The molecule has 1 aromatic heterocycles. The molecular weight excluding hydrogens is 644 g/mol. The van der Waals surface area contributed by atoms with Crippen molar-refractivity contribution in [2.75, 3.05) is 31.1 Å². The molecule has 0 amide bonds. The number of dihydropyridines is 1. The van der Waals surface area contributed by atoms with Crippen molar-refractivity contribution in [3.63, 3.8) is 0 Å². The fourth-order valence-electron chi connectivity index (χ4n) is 8.32. The Balaban J connectivity index is 0.000000960. The van der Waals surface area contributed by atoms with Crippen LogP contribution >= 0.6 is 0 Å². The van der Waals surface area contributed by atoms with Gasteiger partial charge in [-0.25, -0.2) is 9.37 Å². The van der Waals surface area contributed by atoms with Gasteiger partial charge in [-0.15, -0.1) is 0 Å². The molecule has 2 aliphatic carbocycles. The molecule has 4 aliphatic rings. The predicted octanol–water partition coefficient (Wildman–Crippen LogP) is 11.0. The molecule has 2 aromatic carbocycles. The number of anilines is 1. The summed E-state index contributed by atoms with van der Waals surface area (Å²) in [6, 6.07) is 13.2. The molecular formula is C45H65FN6. The van der Waals surface area contributed by atoms with Gasteiger partial charge in [0.25, 0.3) is 0 Å². The molecule has 4 unspecified atom stereocenters. The third kappa shape index (κ3) is 8.08. The summed E-state index contributed by atoms with van der Waals surface area (Å²) in [6.07, 6.45) is 10.9. The van der Waals surface area contributed by atoms with Crippen LogP contribution in [0.25, 0.3) is 17.1 Å². The second kappa shape index (κ2) is 17.8. The lowest BCUT2D eigenvalue weighted by atomic mass is 9.73. The summed E-state index contributed by atoms with van der Waals surface area (Å²) in [4.78, 5) is 15.1. The van der Waals surface area contributed by atoms with Crippen LogP contribution in [0, 0.1) is 33.9 Å². The summed E-state index contributed by atoms with van der Waals surface area (Å²) in [5.74, 6) is 1.48. The Labute approximate surface area is 314 Å². The molecule has 7 heteroatoms. The van der Waals surface area contributed by atoms with Gasteiger partial charge < -0.3 is 9.47 Å². The van der Waals surface area contributed by atoms with Crippen LogP contribution in [0.4, 0.5) is 10.1 Å². The molecule has 2 aliphatic heterocycles. The lowest BCUT2D eigenvalue weighted by Gasteiger charge is -2.43. The van der Waals surface area contributed by atoms with E-state index in [0.29, 0.717) is 42.9 Å². The Kier molecular flexibility index (Phi) is 14.1. The number of rotatable bonds is 9. The van der Waals surface area contributed by atoms with Crippen LogP contribution in [0.1, 0.15) is 123 Å².